The number of rotatable bonds is 7. The number of anilines is 1. The summed E-state index contributed by atoms with van der Waals surface area (Å²) in [6.07, 6.45) is 5.25. The molecule has 1 fully saturated rings. The Morgan fingerprint density at radius 3 is 2.96 bits per heavy atom. The van der Waals surface area contributed by atoms with E-state index >= 15 is 0 Å². The highest BCUT2D eigenvalue weighted by molar-refractivity contribution is 8.00. The predicted molar refractivity (Wildman–Crippen MR) is 107 cm³/mol. The lowest BCUT2D eigenvalue weighted by atomic mass is 10.0. The maximum Gasteiger partial charge on any atom is 0.237 e. The molecule has 1 aromatic rings. The van der Waals surface area contributed by atoms with Crippen molar-refractivity contribution in [3.05, 3.63) is 24.3 Å². The van der Waals surface area contributed by atoms with Crippen LogP contribution in [0.1, 0.15) is 39.0 Å². The van der Waals surface area contributed by atoms with Crippen LogP contribution in [0.2, 0.25) is 0 Å². The summed E-state index contributed by atoms with van der Waals surface area (Å²) in [7, 11) is 0. The summed E-state index contributed by atoms with van der Waals surface area (Å²) in [6.45, 7) is 5.69. The zero-order chi connectivity index (χ0) is 18.4. The van der Waals surface area contributed by atoms with Crippen LogP contribution in [0.3, 0.4) is 0 Å². The van der Waals surface area contributed by atoms with Crippen molar-refractivity contribution in [3.8, 4) is 0 Å². The normalized spacial score (nSPS) is 20.7. The van der Waals surface area contributed by atoms with Gasteiger partial charge in [-0.3, -0.25) is 9.59 Å². The minimum absolute atomic E-state index is 0.0280. The summed E-state index contributed by atoms with van der Waals surface area (Å²) in [5, 5.41) is 3.01. The van der Waals surface area contributed by atoms with Gasteiger partial charge in [-0.1, -0.05) is 18.6 Å². The first kappa shape index (κ1) is 19.2. The number of amides is 2. The van der Waals surface area contributed by atoms with Crippen molar-refractivity contribution in [1.29, 1.82) is 0 Å². The van der Waals surface area contributed by atoms with Gasteiger partial charge < -0.3 is 15.1 Å². The second-order valence-electron chi connectivity index (χ2n) is 7.14. The number of para-hydroxylation sites is 1. The molecule has 2 amide bonds. The van der Waals surface area contributed by atoms with E-state index in [4.69, 9.17) is 0 Å². The van der Waals surface area contributed by atoms with Crippen LogP contribution >= 0.6 is 11.8 Å². The molecule has 1 unspecified atom stereocenters. The number of nitrogens with zero attached hydrogens (tertiary/aromatic N) is 2. The first-order valence-electron chi connectivity index (χ1n) is 9.68. The highest BCUT2D eigenvalue weighted by Crippen LogP contribution is 2.34. The summed E-state index contributed by atoms with van der Waals surface area (Å²) >= 11 is 1.57. The Bertz CT molecular complexity index is 637. The summed E-state index contributed by atoms with van der Waals surface area (Å²) in [5.74, 6) is 0.563. The van der Waals surface area contributed by atoms with E-state index in [9.17, 15) is 9.59 Å². The average molecular weight is 376 g/mol. The molecule has 1 saturated heterocycles. The van der Waals surface area contributed by atoms with Crippen molar-refractivity contribution < 1.29 is 9.59 Å². The Labute approximate surface area is 160 Å². The quantitative estimate of drug-likeness (QED) is 0.745. The molecular formula is C20H29N3O2S. The number of carbonyl (C=O) groups is 2. The van der Waals surface area contributed by atoms with Crippen LogP contribution < -0.4 is 10.2 Å². The molecule has 2 heterocycles. The number of hydrogen-bond acceptors (Lipinski definition) is 4. The van der Waals surface area contributed by atoms with Gasteiger partial charge in [0.2, 0.25) is 11.8 Å². The van der Waals surface area contributed by atoms with E-state index in [1.165, 1.54) is 25.8 Å². The Kier molecular flexibility index (Phi) is 6.97. The predicted octanol–water partition coefficient (Wildman–Crippen LogP) is 2.90. The van der Waals surface area contributed by atoms with E-state index in [1.807, 2.05) is 24.3 Å². The summed E-state index contributed by atoms with van der Waals surface area (Å²) < 4.78 is 0. The lowest BCUT2D eigenvalue weighted by molar-refractivity contribution is -0.121. The van der Waals surface area contributed by atoms with Gasteiger partial charge in [-0.25, -0.2) is 0 Å². The first-order valence-corrected chi connectivity index (χ1v) is 10.7. The zero-order valence-electron chi connectivity index (χ0n) is 15.6. The molecule has 0 aliphatic carbocycles. The van der Waals surface area contributed by atoms with Crippen molar-refractivity contribution >= 4 is 29.3 Å². The van der Waals surface area contributed by atoms with Crippen LogP contribution in [-0.2, 0) is 9.59 Å². The van der Waals surface area contributed by atoms with Crippen LogP contribution in [0, 0.1) is 0 Å². The molecule has 0 bridgehead atoms. The molecule has 2 aliphatic heterocycles. The van der Waals surface area contributed by atoms with Gasteiger partial charge in [0.05, 0.1) is 11.4 Å². The van der Waals surface area contributed by atoms with E-state index in [0.717, 1.165) is 23.5 Å². The molecule has 142 valence electrons. The van der Waals surface area contributed by atoms with Gasteiger partial charge in [0, 0.05) is 37.0 Å². The third-order valence-corrected chi connectivity index (χ3v) is 6.30. The van der Waals surface area contributed by atoms with E-state index in [0.29, 0.717) is 31.3 Å². The second-order valence-corrected chi connectivity index (χ2v) is 8.15. The Morgan fingerprint density at radius 1 is 1.27 bits per heavy atom. The van der Waals surface area contributed by atoms with Crippen molar-refractivity contribution in [3.63, 3.8) is 0 Å². The lowest BCUT2D eigenvalue weighted by Crippen LogP contribution is -2.40. The molecule has 1 atom stereocenters. The topological polar surface area (TPSA) is 52.7 Å². The number of likely N-dealkylation sites (tertiary alicyclic amines) is 1. The maximum absolute atomic E-state index is 12.2. The molecule has 2 aliphatic rings. The third kappa shape index (κ3) is 5.01. The fourth-order valence-corrected chi connectivity index (χ4v) is 4.64. The van der Waals surface area contributed by atoms with Gasteiger partial charge in [0.1, 0.15) is 0 Å². The molecule has 3 rings (SSSR count). The van der Waals surface area contributed by atoms with Gasteiger partial charge in [-0.15, -0.1) is 11.8 Å². The number of carbonyl (C=O) groups excluding carboxylic acids is 2. The molecule has 5 nitrogen and oxygen atoms in total. The van der Waals surface area contributed by atoms with Crippen molar-refractivity contribution in [1.82, 2.24) is 10.2 Å². The Balaban J connectivity index is 1.38. The molecule has 0 saturated carbocycles. The smallest absolute Gasteiger partial charge is 0.237 e. The van der Waals surface area contributed by atoms with Gasteiger partial charge in [0.25, 0.3) is 0 Å². The standard InChI is InChI=1S/C20H29N3O2S/c1-16-7-4-5-12-22(16)13-6-11-21-19(24)10-14-23-17-8-2-3-9-18(17)26-15-20(23)25/h2-3,8-9,16H,4-7,10-15H2,1H3,(H,21,24). The monoisotopic (exact) mass is 375 g/mol. The molecule has 6 heteroatoms. The fraction of sp³-hybridized carbons (Fsp3) is 0.600. The van der Waals surface area contributed by atoms with Crippen molar-refractivity contribution in [2.24, 2.45) is 0 Å². The van der Waals surface area contributed by atoms with Gasteiger partial charge in [-0.2, -0.15) is 0 Å². The minimum Gasteiger partial charge on any atom is -0.356 e. The van der Waals surface area contributed by atoms with E-state index < -0.39 is 0 Å². The molecule has 26 heavy (non-hydrogen) atoms. The first-order chi connectivity index (χ1) is 12.6. The number of nitrogens with one attached hydrogen (secondary N) is 1. The van der Waals surface area contributed by atoms with Crippen LogP contribution in [-0.4, -0.2) is 54.7 Å². The largest absolute Gasteiger partial charge is 0.356 e. The molecule has 0 aromatic heterocycles. The maximum atomic E-state index is 12.2. The highest BCUT2D eigenvalue weighted by Gasteiger charge is 2.24. The van der Waals surface area contributed by atoms with Gasteiger partial charge in [-0.05, 0) is 44.9 Å². The number of hydrogen-bond donors (Lipinski definition) is 1. The third-order valence-electron chi connectivity index (χ3n) is 5.26. The Morgan fingerprint density at radius 2 is 2.12 bits per heavy atom. The zero-order valence-corrected chi connectivity index (χ0v) is 16.4. The summed E-state index contributed by atoms with van der Waals surface area (Å²) in [5.41, 5.74) is 0.931. The highest BCUT2D eigenvalue weighted by atomic mass is 32.2. The average Bonchev–Trinajstić information content (AvgIpc) is 2.65. The van der Waals surface area contributed by atoms with Crippen LogP contribution in [0.15, 0.2) is 29.2 Å². The SMILES string of the molecule is CC1CCCCN1CCCNC(=O)CCN1C(=O)CSc2ccccc21. The van der Waals surface area contributed by atoms with E-state index in [1.54, 1.807) is 16.7 Å². The molecule has 1 N–H and O–H groups in total. The minimum atomic E-state index is 0.0280. The number of fused-ring (bicyclic) bond motifs is 1. The number of benzene rings is 1. The summed E-state index contributed by atoms with van der Waals surface area (Å²) in [4.78, 5) is 29.7. The van der Waals surface area contributed by atoms with Crippen LogP contribution in [0.25, 0.3) is 0 Å². The van der Waals surface area contributed by atoms with Gasteiger partial charge in [0.15, 0.2) is 0 Å². The van der Waals surface area contributed by atoms with Crippen molar-refractivity contribution in [2.45, 2.75) is 50.0 Å². The molecular weight excluding hydrogens is 346 g/mol. The van der Waals surface area contributed by atoms with E-state index in [2.05, 4.69) is 17.1 Å². The lowest BCUT2D eigenvalue weighted by Gasteiger charge is -2.33. The Hall–Kier alpha value is -1.53. The van der Waals surface area contributed by atoms with E-state index in [-0.39, 0.29) is 11.8 Å². The van der Waals surface area contributed by atoms with Crippen molar-refractivity contribution in [2.75, 3.05) is 36.8 Å². The number of piperidine rings is 1. The second kappa shape index (κ2) is 9.42. The van der Waals surface area contributed by atoms with Crippen LogP contribution in [0.5, 0.6) is 0 Å². The van der Waals surface area contributed by atoms with Crippen LogP contribution in [0.4, 0.5) is 5.69 Å². The fourth-order valence-electron chi connectivity index (χ4n) is 3.70. The molecule has 0 radical (unpaired) electrons. The number of thioether (sulfide) groups is 1. The van der Waals surface area contributed by atoms with Gasteiger partial charge >= 0.3 is 0 Å². The molecule has 1 aromatic carbocycles. The summed E-state index contributed by atoms with van der Waals surface area (Å²) in [6, 6.07) is 8.57. The molecule has 0 spiro atoms.